The van der Waals surface area contributed by atoms with Crippen molar-refractivity contribution >= 4 is 0 Å². The molecule has 0 aromatic heterocycles. The first-order valence-electron chi connectivity index (χ1n) is 6.93. The molecule has 1 heterocycles. The summed E-state index contributed by atoms with van der Waals surface area (Å²) in [6.45, 7) is 3.36. The van der Waals surface area contributed by atoms with Gasteiger partial charge in [0.25, 0.3) is 0 Å². The van der Waals surface area contributed by atoms with Gasteiger partial charge in [-0.15, -0.1) is 0 Å². The molecule has 0 amide bonds. The standard InChI is InChI=1S/C14H24O3/c1-2-17-14(9-5-3-4-6-10-14)13(15)12-8-7-11-16-12/h8,13,15H,2-7,9-11H2,1H3. The Hall–Kier alpha value is -0.540. The van der Waals surface area contributed by atoms with Crippen molar-refractivity contribution in [2.24, 2.45) is 0 Å². The van der Waals surface area contributed by atoms with Gasteiger partial charge in [-0.2, -0.15) is 0 Å². The summed E-state index contributed by atoms with van der Waals surface area (Å²) in [4.78, 5) is 0. The molecule has 0 aromatic rings. The maximum absolute atomic E-state index is 10.6. The van der Waals surface area contributed by atoms with Gasteiger partial charge < -0.3 is 14.6 Å². The summed E-state index contributed by atoms with van der Waals surface area (Å²) < 4.78 is 11.5. The molecule has 1 saturated carbocycles. The molecule has 17 heavy (non-hydrogen) atoms. The van der Waals surface area contributed by atoms with Gasteiger partial charge in [0.15, 0.2) is 0 Å². The molecule has 1 fully saturated rings. The van der Waals surface area contributed by atoms with E-state index in [1.165, 1.54) is 12.8 Å². The van der Waals surface area contributed by atoms with Crippen LogP contribution in [-0.4, -0.2) is 30.0 Å². The van der Waals surface area contributed by atoms with E-state index in [-0.39, 0.29) is 0 Å². The van der Waals surface area contributed by atoms with Gasteiger partial charge in [-0.25, -0.2) is 0 Å². The highest BCUT2D eigenvalue weighted by molar-refractivity contribution is 5.11. The van der Waals surface area contributed by atoms with Gasteiger partial charge in [-0.05, 0) is 25.8 Å². The van der Waals surface area contributed by atoms with E-state index in [0.29, 0.717) is 13.2 Å². The molecule has 0 saturated heterocycles. The van der Waals surface area contributed by atoms with Gasteiger partial charge in [-0.1, -0.05) is 25.7 Å². The largest absolute Gasteiger partial charge is 0.495 e. The number of aliphatic hydroxyl groups is 1. The molecule has 0 bridgehead atoms. The Morgan fingerprint density at radius 1 is 1.35 bits per heavy atom. The minimum absolute atomic E-state index is 0.401. The van der Waals surface area contributed by atoms with E-state index in [2.05, 4.69) is 0 Å². The van der Waals surface area contributed by atoms with E-state index in [1.807, 2.05) is 13.0 Å². The molecule has 2 rings (SSSR count). The summed E-state index contributed by atoms with van der Waals surface area (Å²) in [5.41, 5.74) is -0.401. The fourth-order valence-corrected chi connectivity index (χ4v) is 3.00. The van der Waals surface area contributed by atoms with Gasteiger partial charge in [0.1, 0.15) is 17.5 Å². The zero-order chi connectivity index (χ0) is 12.1. The van der Waals surface area contributed by atoms with Crippen LogP contribution in [0, 0.1) is 0 Å². The maximum atomic E-state index is 10.6. The van der Waals surface area contributed by atoms with E-state index in [1.54, 1.807) is 0 Å². The van der Waals surface area contributed by atoms with Crippen molar-refractivity contribution in [3.63, 3.8) is 0 Å². The van der Waals surface area contributed by atoms with Crippen molar-refractivity contribution in [1.29, 1.82) is 0 Å². The second kappa shape index (κ2) is 5.87. The van der Waals surface area contributed by atoms with E-state index in [4.69, 9.17) is 9.47 Å². The highest BCUT2D eigenvalue weighted by Crippen LogP contribution is 2.37. The highest BCUT2D eigenvalue weighted by atomic mass is 16.5. The molecule has 3 nitrogen and oxygen atoms in total. The Labute approximate surface area is 104 Å². The lowest BCUT2D eigenvalue weighted by atomic mass is 9.86. The zero-order valence-corrected chi connectivity index (χ0v) is 10.8. The van der Waals surface area contributed by atoms with Crippen molar-refractivity contribution in [2.45, 2.75) is 63.6 Å². The van der Waals surface area contributed by atoms with Gasteiger partial charge in [0, 0.05) is 13.0 Å². The predicted octanol–water partition coefficient (Wildman–Crippen LogP) is 2.78. The van der Waals surface area contributed by atoms with Crippen LogP contribution in [0.3, 0.4) is 0 Å². The summed E-state index contributed by atoms with van der Waals surface area (Å²) in [5.74, 6) is 0.736. The maximum Gasteiger partial charge on any atom is 0.139 e. The Morgan fingerprint density at radius 2 is 2.06 bits per heavy atom. The molecular formula is C14H24O3. The third-order valence-corrected chi connectivity index (χ3v) is 3.88. The van der Waals surface area contributed by atoms with Crippen LogP contribution in [0.15, 0.2) is 11.8 Å². The van der Waals surface area contributed by atoms with Crippen molar-refractivity contribution in [1.82, 2.24) is 0 Å². The summed E-state index contributed by atoms with van der Waals surface area (Å²) in [6, 6.07) is 0. The molecule has 98 valence electrons. The normalized spacial score (nSPS) is 25.9. The minimum atomic E-state index is -0.581. The summed E-state index contributed by atoms with van der Waals surface area (Å²) in [6.07, 6.45) is 9.02. The van der Waals surface area contributed by atoms with Crippen LogP contribution in [-0.2, 0) is 9.47 Å². The second-order valence-electron chi connectivity index (χ2n) is 5.06. The predicted molar refractivity (Wildman–Crippen MR) is 66.7 cm³/mol. The van der Waals surface area contributed by atoms with E-state index in [9.17, 15) is 5.11 Å². The number of aliphatic hydroxyl groups excluding tert-OH is 1. The van der Waals surface area contributed by atoms with Crippen molar-refractivity contribution in [3.8, 4) is 0 Å². The molecule has 0 aromatic carbocycles. The Balaban J connectivity index is 2.12. The van der Waals surface area contributed by atoms with Crippen LogP contribution >= 0.6 is 0 Å². The highest BCUT2D eigenvalue weighted by Gasteiger charge is 2.42. The fourth-order valence-electron chi connectivity index (χ4n) is 3.00. The first-order chi connectivity index (χ1) is 8.28. The first kappa shape index (κ1) is 12.9. The molecule has 0 radical (unpaired) electrons. The van der Waals surface area contributed by atoms with E-state index >= 15 is 0 Å². The number of ether oxygens (including phenoxy) is 2. The van der Waals surface area contributed by atoms with Crippen molar-refractivity contribution < 1.29 is 14.6 Å². The molecule has 1 N–H and O–H groups in total. The lowest BCUT2D eigenvalue weighted by Gasteiger charge is -2.37. The van der Waals surface area contributed by atoms with Crippen molar-refractivity contribution in [2.75, 3.05) is 13.2 Å². The first-order valence-corrected chi connectivity index (χ1v) is 6.93. The Morgan fingerprint density at radius 3 is 2.59 bits per heavy atom. The second-order valence-corrected chi connectivity index (χ2v) is 5.06. The smallest absolute Gasteiger partial charge is 0.139 e. The molecule has 1 aliphatic carbocycles. The average molecular weight is 240 g/mol. The third kappa shape index (κ3) is 2.83. The number of hydrogen-bond donors (Lipinski definition) is 1. The molecule has 3 heteroatoms. The third-order valence-electron chi connectivity index (χ3n) is 3.88. The van der Waals surface area contributed by atoms with Crippen LogP contribution in [0.4, 0.5) is 0 Å². The van der Waals surface area contributed by atoms with Gasteiger partial charge >= 0.3 is 0 Å². The van der Waals surface area contributed by atoms with Crippen LogP contribution < -0.4 is 0 Å². The number of rotatable bonds is 4. The average Bonchev–Trinajstić information content (AvgIpc) is 2.76. The quantitative estimate of drug-likeness (QED) is 0.768. The van der Waals surface area contributed by atoms with Gasteiger partial charge in [0.2, 0.25) is 0 Å². The zero-order valence-electron chi connectivity index (χ0n) is 10.8. The summed E-state index contributed by atoms with van der Waals surface area (Å²) in [7, 11) is 0. The lowest BCUT2D eigenvalue weighted by molar-refractivity contribution is -0.127. The summed E-state index contributed by atoms with van der Waals surface area (Å²) in [5, 5.41) is 10.6. The topological polar surface area (TPSA) is 38.7 Å². The van der Waals surface area contributed by atoms with Gasteiger partial charge in [-0.3, -0.25) is 0 Å². The van der Waals surface area contributed by atoms with E-state index < -0.39 is 11.7 Å². The van der Waals surface area contributed by atoms with Crippen LogP contribution in [0.25, 0.3) is 0 Å². The summed E-state index contributed by atoms with van der Waals surface area (Å²) >= 11 is 0. The van der Waals surface area contributed by atoms with E-state index in [0.717, 1.165) is 37.9 Å². The molecule has 1 unspecified atom stereocenters. The molecular weight excluding hydrogens is 216 g/mol. The monoisotopic (exact) mass is 240 g/mol. The SMILES string of the molecule is CCOC1(C(O)C2=CCCO2)CCCCCC1. The lowest BCUT2D eigenvalue weighted by Crippen LogP contribution is -2.46. The van der Waals surface area contributed by atoms with Crippen LogP contribution in [0.1, 0.15) is 51.9 Å². The van der Waals surface area contributed by atoms with Crippen LogP contribution in [0.2, 0.25) is 0 Å². The minimum Gasteiger partial charge on any atom is -0.495 e. The molecule has 2 aliphatic rings. The van der Waals surface area contributed by atoms with Gasteiger partial charge in [0.05, 0.1) is 6.61 Å². The van der Waals surface area contributed by atoms with Crippen molar-refractivity contribution in [3.05, 3.63) is 11.8 Å². The van der Waals surface area contributed by atoms with Crippen LogP contribution in [0.5, 0.6) is 0 Å². The Kier molecular flexibility index (Phi) is 4.46. The number of hydrogen-bond acceptors (Lipinski definition) is 3. The molecule has 1 aliphatic heterocycles. The fraction of sp³-hybridized carbons (Fsp3) is 0.857. The molecule has 0 spiro atoms. The Bertz CT molecular complexity index is 265. The molecule has 1 atom stereocenters.